The van der Waals surface area contributed by atoms with Gasteiger partial charge in [0.15, 0.2) is 11.5 Å². The average Bonchev–Trinajstić information content (AvgIpc) is 3.61. The highest BCUT2D eigenvalue weighted by Crippen LogP contribution is 2.31. The summed E-state index contributed by atoms with van der Waals surface area (Å²) in [4.78, 5) is 17.3. The maximum atomic E-state index is 12.8. The summed E-state index contributed by atoms with van der Waals surface area (Å²) in [6, 6.07) is 20.2. The highest BCUT2D eigenvalue weighted by Gasteiger charge is 2.14. The number of esters is 1. The van der Waals surface area contributed by atoms with Gasteiger partial charge < -0.3 is 18.9 Å². The van der Waals surface area contributed by atoms with Crippen LogP contribution in [0.5, 0.6) is 23.0 Å². The van der Waals surface area contributed by atoms with E-state index in [1.54, 1.807) is 48.7 Å². The minimum absolute atomic E-state index is 0.320. The second-order valence-corrected chi connectivity index (χ2v) is 13.0. The summed E-state index contributed by atoms with van der Waals surface area (Å²) >= 11 is 1.40. The van der Waals surface area contributed by atoms with Gasteiger partial charge in [0.05, 0.1) is 25.9 Å². The fourth-order valence-corrected chi connectivity index (χ4v) is 5.92. The molecule has 0 saturated carbocycles. The Morgan fingerprint density at radius 2 is 1.27 bits per heavy atom. The van der Waals surface area contributed by atoms with Crippen LogP contribution in [0.25, 0.3) is 10.6 Å². The van der Waals surface area contributed by atoms with E-state index < -0.39 is 5.97 Å². The summed E-state index contributed by atoms with van der Waals surface area (Å²) in [6.07, 6.45) is 17.9. The van der Waals surface area contributed by atoms with Crippen molar-refractivity contribution < 1.29 is 23.7 Å². The molecule has 0 aliphatic rings. The molecule has 0 N–H and O–H groups in total. The molecule has 0 amide bonds. The Morgan fingerprint density at radius 3 is 1.86 bits per heavy atom. The van der Waals surface area contributed by atoms with Crippen LogP contribution in [0, 0.1) is 0 Å². The van der Waals surface area contributed by atoms with Crippen LogP contribution < -0.4 is 18.9 Å². The number of ether oxygens (including phenoxy) is 4. The molecule has 1 heterocycles. The third-order valence-electron chi connectivity index (χ3n) is 8.10. The fourth-order valence-electron chi connectivity index (χ4n) is 5.22. The molecule has 49 heavy (non-hydrogen) atoms. The zero-order valence-electron chi connectivity index (χ0n) is 29.3. The summed E-state index contributed by atoms with van der Waals surface area (Å²) in [5, 5.41) is 9.86. The number of methoxy groups -OCH3 is 1. The van der Waals surface area contributed by atoms with Crippen LogP contribution in [0.2, 0.25) is 0 Å². The molecule has 0 aliphatic carbocycles. The second-order valence-electron chi connectivity index (χ2n) is 12.1. The number of nitrogens with zero attached hydrogens (tertiary/aromatic N) is 3. The Morgan fingerprint density at radius 1 is 0.694 bits per heavy atom. The Kier molecular flexibility index (Phi) is 16.6. The molecule has 3 aromatic carbocycles. The minimum Gasteiger partial charge on any atom is -0.494 e. The Balaban J connectivity index is 1.23. The molecule has 0 unspecified atom stereocenters. The molecule has 1 aromatic heterocycles. The van der Waals surface area contributed by atoms with Crippen molar-refractivity contribution in [2.24, 2.45) is 4.99 Å². The molecular weight excluding hydrogens is 635 g/mol. The number of unbranched alkanes of at least 4 members (excludes halogenated alkanes) is 11. The predicted octanol–water partition coefficient (Wildman–Crippen LogP) is 11.1. The summed E-state index contributed by atoms with van der Waals surface area (Å²) in [7, 11) is 1.53. The normalized spacial score (nSPS) is 11.2. The molecule has 0 fully saturated rings. The van der Waals surface area contributed by atoms with Crippen LogP contribution in [0.3, 0.4) is 0 Å². The number of benzene rings is 3. The lowest BCUT2D eigenvalue weighted by Crippen LogP contribution is -2.09. The molecule has 8 nitrogen and oxygen atoms in total. The summed E-state index contributed by atoms with van der Waals surface area (Å²) in [5.74, 6) is 1.87. The van der Waals surface area contributed by atoms with Crippen molar-refractivity contribution in [1.29, 1.82) is 0 Å². The topological polar surface area (TPSA) is 92.1 Å². The summed E-state index contributed by atoms with van der Waals surface area (Å²) in [6.45, 7) is 5.87. The van der Waals surface area contributed by atoms with Gasteiger partial charge >= 0.3 is 5.97 Å². The summed E-state index contributed by atoms with van der Waals surface area (Å²) < 4.78 is 22.9. The first-order valence-corrected chi connectivity index (χ1v) is 18.6. The molecule has 0 atom stereocenters. The first-order chi connectivity index (χ1) is 24.1. The van der Waals surface area contributed by atoms with E-state index in [4.69, 9.17) is 18.9 Å². The maximum absolute atomic E-state index is 12.8. The molecule has 0 radical (unpaired) electrons. The van der Waals surface area contributed by atoms with Crippen LogP contribution in [-0.4, -0.2) is 42.7 Å². The van der Waals surface area contributed by atoms with Gasteiger partial charge in [0, 0.05) is 11.8 Å². The molecule has 0 spiro atoms. The number of carbonyl (C=O) groups excluding carboxylic acids is 1. The lowest BCUT2D eigenvalue weighted by atomic mass is 10.1. The predicted molar refractivity (Wildman–Crippen MR) is 199 cm³/mol. The van der Waals surface area contributed by atoms with Gasteiger partial charge in [-0.3, -0.25) is 0 Å². The van der Waals surface area contributed by atoms with Gasteiger partial charge in [-0.05, 0) is 85.1 Å². The lowest BCUT2D eigenvalue weighted by molar-refractivity contribution is 0.0729. The number of aliphatic imine (C=N–C) groups is 1. The van der Waals surface area contributed by atoms with E-state index in [9.17, 15) is 4.79 Å². The second kappa shape index (κ2) is 21.7. The van der Waals surface area contributed by atoms with E-state index >= 15 is 0 Å². The van der Waals surface area contributed by atoms with Crippen molar-refractivity contribution >= 4 is 28.7 Å². The highest BCUT2D eigenvalue weighted by molar-refractivity contribution is 7.18. The molecule has 0 saturated heterocycles. The zero-order valence-corrected chi connectivity index (χ0v) is 30.1. The minimum atomic E-state index is -0.477. The van der Waals surface area contributed by atoms with Crippen LogP contribution >= 0.6 is 11.3 Å². The van der Waals surface area contributed by atoms with Crippen molar-refractivity contribution in [3.8, 4) is 33.6 Å². The Labute approximate surface area is 295 Å². The number of hydrogen-bond donors (Lipinski definition) is 0. The molecule has 0 bridgehead atoms. The van der Waals surface area contributed by atoms with Crippen molar-refractivity contribution in [2.75, 3.05) is 20.3 Å². The molecular formula is C40H51N3O5S. The SMILES string of the molecule is CCCCCCCCCCOc1ccc(-c2nnc(/N=C/c3ccc(OC(=O)c4ccc(OCCCCCCC)cc4)c(OC)c3)s2)cc1. The Hall–Kier alpha value is -4.24. The quantitative estimate of drug-likeness (QED) is 0.0332. The number of aromatic nitrogens is 2. The largest absolute Gasteiger partial charge is 0.494 e. The number of hydrogen-bond acceptors (Lipinski definition) is 9. The monoisotopic (exact) mass is 685 g/mol. The third kappa shape index (κ3) is 13.3. The lowest BCUT2D eigenvalue weighted by Gasteiger charge is -2.10. The number of carbonyl (C=O) groups is 1. The van der Waals surface area contributed by atoms with Gasteiger partial charge in [-0.1, -0.05) is 95.8 Å². The maximum Gasteiger partial charge on any atom is 0.343 e. The number of rotatable bonds is 23. The van der Waals surface area contributed by atoms with Gasteiger partial charge in [-0.15, -0.1) is 10.2 Å². The van der Waals surface area contributed by atoms with Gasteiger partial charge in [0.1, 0.15) is 16.5 Å². The fraction of sp³-hybridized carbons (Fsp3) is 0.450. The average molecular weight is 686 g/mol. The van der Waals surface area contributed by atoms with E-state index in [0.29, 0.717) is 28.8 Å². The van der Waals surface area contributed by atoms with Gasteiger partial charge in [-0.25, -0.2) is 9.79 Å². The molecule has 4 rings (SSSR count). The van der Waals surface area contributed by atoms with Crippen LogP contribution in [0.1, 0.15) is 113 Å². The van der Waals surface area contributed by atoms with Crippen LogP contribution in [-0.2, 0) is 0 Å². The third-order valence-corrected chi connectivity index (χ3v) is 8.98. The first-order valence-electron chi connectivity index (χ1n) is 17.8. The van der Waals surface area contributed by atoms with E-state index in [0.717, 1.165) is 47.1 Å². The van der Waals surface area contributed by atoms with Crippen LogP contribution in [0.4, 0.5) is 5.13 Å². The van der Waals surface area contributed by atoms with E-state index in [2.05, 4.69) is 29.0 Å². The first kappa shape index (κ1) is 37.6. The summed E-state index contributed by atoms with van der Waals surface area (Å²) in [5.41, 5.74) is 2.16. The Bertz CT molecular complexity index is 1550. The molecule has 262 valence electrons. The van der Waals surface area contributed by atoms with E-state index in [1.165, 1.54) is 89.1 Å². The van der Waals surface area contributed by atoms with Crippen molar-refractivity contribution in [2.45, 2.75) is 97.3 Å². The van der Waals surface area contributed by atoms with E-state index in [1.807, 2.05) is 24.3 Å². The molecule has 0 aliphatic heterocycles. The van der Waals surface area contributed by atoms with Crippen LogP contribution in [0.15, 0.2) is 71.7 Å². The molecule has 4 aromatic rings. The van der Waals surface area contributed by atoms with E-state index in [-0.39, 0.29) is 0 Å². The zero-order chi connectivity index (χ0) is 34.5. The van der Waals surface area contributed by atoms with Gasteiger partial charge in [0.25, 0.3) is 0 Å². The smallest absolute Gasteiger partial charge is 0.343 e. The van der Waals surface area contributed by atoms with Crippen molar-refractivity contribution in [3.05, 3.63) is 77.9 Å². The molecule has 9 heteroatoms. The highest BCUT2D eigenvalue weighted by atomic mass is 32.1. The standard InChI is InChI=1S/C40H51N3O5S/c1-4-6-8-10-11-12-14-16-28-46-34-22-18-32(19-23-34)38-42-43-40(49-38)41-30-31-17-26-36(37(29-31)45-3)48-39(44)33-20-24-35(25-21-33)47-27-15-13-9-7-5-2/h17-26,29-30H,4-16,27-28H2,1-3H3/b41-30+. The van der Waals surface area contributed by atoms with Gasteiger partial charge in [-0.2, -0.15) is 0 Å². The van der Waals surface area contributed by atoms with Crippen molar-refractivity contribution in [1.82, 2.24) is 10.2 Å². The van der Waals surface area contributed by atoms with Crippen molar-refractivity contribution in [3.63, 3.8) is 0 Å². The van der Waals surface area contributed by atoms with Gasteiger partial charge in [0.2, 0.25) is 5.13 Å².